The van der Waals surface area contributed by atoms with Gasteiger partial charge in [0.15, 0.2) is 0 Å². The summed E-state index contributed by atoms with van der Waals surface area (Å²) in [6, 6.07) is 0. The van der Waals surface area contributed by atoms with Crippen LogP contribution in [0.1, 0.15) is 65.3 Å². The van der Waals surface area contributed by atoms with Crippen molar-refractivity contribution in [2.45, 2.75) is 59.7 Å². The quantitative estimate of drug-likeness (QED) is 0.891. The summed E-state index contributed by atoms with van der Waals surface area (Å²) in [5.74, 6) is 1.09. The van der Waals surface area contributed by atoms with Crippen LogP contribution in [0.5, 0.6) is 0 Å². The standard InChI is InChI=1S/C14H26N2O3/c1-8(2)10(9(3)17)13-15-12(16-19-13)11(18-7)14(4,5)6/h8-11,17H,1-7H3. The van der Waals surface area contributed by atoms with Gasteiger partial charge >= 0.3 is 0 Å². The van der Waals surface area contributed by atoms with Gasteiger partial charge in [0.2, 0.25) is 11.7 Å². The molecule has 0 saturated heterocycles. The van der Waals surface area contributed by atoms with Crippen LogP contribution in [0.25, 0.3) is 0 Å². The summed E-state index contributed by atoms with van der Waals surface area (Å²) in [7, 11) is 1.64. The fraction of sp³-hybridized carbons (Fsp3) is 0.857. The first-order valence-corrected chi connectivity index (χ1v) is 6.72. The highest BCUT2D eigenvalue weighted by molar-refractivity contribution is 5.02. The monoisotopic (exact) mass is 270 g/mol. The minimum atomic E-state index is -0.524. The van der Waals surface area contributed by atoms with Crippen molar-refractivity contribution in [3.63, 3.8) is 0 Å². The molecule has 5 heteroatoms. The average molecular weight is 270 g/mol. The van der Waals surface area contributed by atoms with Crippen molar-refractivity contribution in [3.8, 4) is 0 Å². The van der Waals surface area contributed by atoms with Crippen LogP contribution in [-0.2, 0) is 4.74 Å². The Morgan fingerprint density at radius 2 is 1.79 bits per heavy atom. The molecule has 19 heavy (non-hydrogen) atoms. The molecule has 1 heterocycles. The van der Waals surface area contributed by atoms with Gasteiger partial charge in [-0.1, -0.05) is 39.8 Å². The van der Waals surface area contributed by atoms with Crippen molar-refractivity contribution in [2.24, 2.45) is 11.3 Å². The fourth-order valence-electron chi connectivity index (χ4n) is 2.38. The zero-order valence-electron chi connectivity index (χ0n) is 13.0. The van der Waals surface area contributed by atoms with Crippen molar-refractivity contribution in [1.29, 1.82) is 0 Å². The number of hydrogen-bond acceptors (Lipinski definition) is 5. The highest BCUT2D eigenvalue weighted by Crippen LogP contribution is 2.35. The van der Waals surface area contributed by atoms with Gasteiger partial charge < -0.3 is 14.4 Å². The summed E-state index contributed by atoms with van der Waals surface area (Å²) in [4.78, 5) is 4.43. The maximum Gasteiger partial charge on any atom is 0.232 e. The number of rotatable bonds is 5. The Hall–Kier alpha value is -0.940. The molecule has 1 aromatic rings. The third kappa shape index (κ3) is 3.76. The zero-order chi connectivity index (χ0) is 14.8. The van der Waals surface area contributed by atoms with Crippen molar-refractivity contribution in [1.82, 2.24) is 10.1 Å². The van der Waals surface area contributed by atoms with E-state index in [1.807, 2.05) is 13.8 Å². The molecule has 3 unspecified atom stereocenters. The molecule has 0 aromatic carbocycles. The van der Waals surface area contributed by atoms with Crippen LogP contribution >= 0.6 is 0 Å². The lowest BCUT2D eigenvalue weighted by Gasteiger charge is -2.26. The molecule has 1 rings (SSSR count). The van der Waals surface area contributed by atoms with Crippen molar-refractivity contribution >= 4 is 0 Å². The normalized spacial score (nSPS) is 17.5. The van der Waals surface area contributed by atoms with Crippen LogP contribution in [0.4, 0.5) is 0 Å². The van der Waals surface area contributed by atoms with Crippen molar-refractivity contribution in [2.75, 3.05) is 7.11 Å². The van der Waals surface area contributed by atoms with E-state index in [0.29, 0.717) is 11.7 Å². The molecule has 0 bridgehead atoms. The summed E-state index contributed by atoms with van der Waals surface area (Å²) in [5, 5.41) is 13.9. The maximum atomic E-state index is 9.84. The molecule has 0 saturated carbocycles. The molecule has 5 nitrogen and oxygen atoms in total. The fourth-order valence-corrected chi connectivity index (χ4v) is 2.38. The summed E-state index contributed by atoms with van der Waals surface area (Å²) in [5.41, 5.74) is -0.117. The molecule has 0 fully saturated rings. The smallest absolute Gasteiger partial charge is 0.232 e. The maximum absolute atomic E-state index is 9.84. The zero-order valence-corrected chi connectivity index (χ0v) is 13.0. The van der Waals surface area contributed by atoms with Crippen LogP contribution in [0.2, 0.25) is 0 Å². The third-order valence-corrected chi connectivity index (χ3v) is 3.24. The Labute approximate surface area is 115 Å². The highest BCUT2D eigenvalue weighted by Gasteiger charge is 2.33. The van der Waals surface area contributed by atoms with E-state index in [4.69, 9.17) is 9.26 Å². The van der Waals surface area contributed by atoms with E-state index in [1.54, 1.807) is 14.0 Å². The molecule has 0 aliphatic heterocycles. The number of methoxy groups -OCH3 is 1. The molecule has 110 valence electrons. The lowest BCUT2D eigenvalue weighted by Crippen LogP contribution is -2.22. The van der Waals surface area contributed by atoms with Crippen LogP contribution in [0.15, 0.2) is 4.52 Å². The SMILES string of the molecule is COC(c1noc(C(C(C)C)C(C)O)n1)C(C)(C)C. The second-order valence-corrected chi connectivity index (χ2v) is 6.48. The van der Waals surface area contributed by atoms with Crippen molar-refractivity contribution in [3.05, 3.63) is 11.7 Å². The molecule has 0 amide bonds. The van der Waals surface area contributed by atoms with Crippen molar-refractivity contribution < 1.29 is 14.4 Å². The lowest BCUT2D eigenvalue weighted by molar-refractivity contribution is 0.00718. The van der Waals surface area contributed by atoms with Gasteiger partial charge in [-0.3, -0.25) is 0 Å². The molecule has 1 N–H and O–H groups in total. The lowest BCUT2D eigenvalue weighted by atomic mass is 9.88. The van der Waals surface area contributed by atoms with E-state index in [2.05, 4.69) is 30.9 Å². The van der Waals surface area contributed by atoms with Crippen LogP contribution in [0, 0.1) is 11.3 Å². The van der Waals surface area contributed by atoms with Crippen LogP contribution < -0.4 is 0 Å². The minimum absolute atomic E-state index is 0.117. The Kier molecular flexibility index (Phi) is 5.10. The second kappa shape index (κ2) is 6.01. The second-order valence-electron chi connectivity index (χ2n) is 6.48. The van der Waals surface area contributed by atoms with Crippen LogP contribution in [-0.4, -0.2) is 28.5 Å². The number of ether oxygens (including phenoxy) is 1. The van der Waals surface area contributed by atoms with Gasteiger partial charge in [0.1, 0.15) is 6.10 Å². The number of aliphatic hydroxyl groups is 1. The number of hydrogen-bond donors (Lipinski definition) is 1. The summed E-state index contributed by atoms with van der Waals surface area (Å²) >= 11 is 0. The van der Waals surface area contributed by atoms with Gasteiger partial charge in [-0.05, 0) is 18.3 Å². The van der Waals surface area contributed by atoms with Crippen LogP contribution in [0.3, 0.4) is 0 Å². The van der Waals surface area contributed by atoms with Gasteiger partial charge in [-0.25, -0.2) is 0 Å². The molecule has 0 spiro atoms. The molecule has 0 aliphatic rings. The molecule has 3 atom stereocenters. The summed E-state index contributed by atoms with van der Waals surface area (Å²) < 4.78 is 10.8. The largest absolute Gasteiger partial charge is 0.393 e. The predicted molar refractivity (Wildman–Crippen MR) is 72.8 cm³/mol. The Morgan fingerprint density at radius 3 is 2.16 bits per heavy atom. The molecular formula is C14H26N2O3. The predicted octanol–water partition coefficient (Wildman–Crippen LogP) is 2.92. The highest BCUT2D eigenvalue weighted by atomic mass is 16.5. The molecule has 0 aliphatic carbocycles. The average Bonchev–Trinajstić information content (AvgIpc) is 2.64. The van der Waals surface area contributed by atoms with Gasteiger partial charge in [0, 0.05) is 7.11 Å². The number of aliphatic hydroxyl groups excluding tert-OH is 1. The van der Waals surface area contributed by atoms with E-state index in [0.717, 1.165) is 0 Å². The Balaban J connectivity index is 3.04. The Bertz CT molecular complexity index is 369. The topological polar surface area (TPSA) is 68.4 Å². The van der Waals surface area contributed by atoms with E-state index in [-0.39, 0.29) is 23.4 Å². The first kappa shape index (κ1) is 16.1. The van der Waals surface area contributed by atoms with E-state index in [1.165, 1.54) is 0 Å². The van der Waals surface area contributed by atoms with E-state index >= 15 is 0 Å². The van der Waals surface area contributed by atoms with Gasteiger partial charge in [-0.15, -0.1) is 0 Å². The molecule has 0 radical (unpaired) electrons. The molecule has 1 aromatic heterocycles. The summed E-state index contributed by atoms with van der Waals surface area (Å²) in [6.45, 7) is 12.0. The first-order chi connectivity index (χ1) is 8.68. The van der Waals surface area contributed by atoms with E-state index in [9.17, 15) is 5.11 Å². The van der Waals surface area contributed by atoms with Gasteiger partial charge in [-0.2, -0.15) is 4.98 Å². The van der Waals surface area contributed by atoms with E-state index < -0.39 is 6.10 Å². The third-order valence-electron chi connectivity index (χ3n) is 3.24. The Morgan fingerprint density at radius 1 is 1.21 bits per heavy atom. The summed E-state index contributed by atoms with van der Waals surface area (Å²) in [6.07, 6.45) is -0.754. The number of nitrogens with zero attached hydrogens (tertiary/aromatic N) is 2. The molecular weight excluding hydrogens is 244 g/mol. The minimum Gasteiger partial charge on any atom is -0.393 e. The number of aromatic nitrogens is 2. The van der Waals surface area contributed by atoms with Gasteiger partial charge in [0.05, 0.1) is 12.0 Å². The first-order valence-electron chi connectivity index (χ1n) is 6.72. The van der Waals surface area contributed by atoms with Gasteiger partial charge in [0.25, 0.3) is 0 Å².